The van der Waals surface area contributed by atoms with Crippen LogP contribution in [0.5, 0.6) is 0 Å². The number of hydrogen-bond donors (Lipinski definition) is 2. The van der Waals surface area contributed by atoms with Gasteiger partial charge in [0.05, 0.1) is 5.92 Å². The van der Waals surface area contributed by atoms with Gasteiger partial charge in [-0.2, -0.15) is 0 Å². The van der Waals surface area contributed by atoms with Crippen LogP contribution in [0.15, 0.2) is 10.2 Å². The molecule has 1 rings (SSSR count). The van der Waals surface area contributed by atoms with Gasteiger partial charge in [0.2, 0.25) is 5.91 Å². The maximum absolute atomic E-state index is 11.6. The number of hydrogen-bond acceptors (Lipinski definition) is 4. The minimum absolute atomic E-state index is 0.0653. The summed E-state index contributed by atoms with van der Waals surface area (Å²) in [5, 5.41) is 13.0. The van der Waals surface area contributed by atoms with Gasteiger partial charge in [0, 0.05) is 17.6 Å². The van der Waals surface area contributed by atoms with Crippen LogP contribution in [-0.2, 0) is 16.1 Å². The van der Waals surface area contributed by atoms with Gasteiger partial charge in [-0.3, -0.25) is 19.0 Å². The molecule has 1 aromatic rings. The van der Waals surface area contributed by atoms with Crippen molar-refractivity contribution in [1.82, 2.24) is 9.88 Å². The van der Waals surface area contributed by atoms with Crippen LogP contribution in [0, 0.1) is 12.8 Å². The molecule has 0 aliphatic rings. The average Bonchev–Trinajstić information content (AvgIpc) is 2.61. The number of nitrogens with zero attached hydrogens (tertiary/aromatic N) is 1. The molecule has 0 fully saturated rings. The first-order valence-corrected chi connectivity index (χ1v) is 6.48. The molecule has 0 aliphatic carbocycles. The number of rotatable bonds is 6. The molecule has 1 amide bonds. The second-order valence-electron chi connectivity index (χ2n) is 3.98. The Morgan fingerprint density at radius 3 is 2.67 bits per heavy atom. The number of carboxylic acid groups (broad SMARTS) is 1. The summed E-state index contributed by atoms with van der Waals surface area (Å²) in [6.45, 7) is 3.52. The minimum Gasteiger partial charge on any atom is -0.481 e. The van der Waals surface area contributed by atoms with Gasteiger partial charge >= 0.3 is 10.8 Å². The zero-order valence-corrected chi connectivity index (χ0v) is 11.1. The monoisotopic (exact) mass is 272 g/mol. The fourth-order valence-corrected chi connectivity index (χ4v) is 2.17. The number of thiazole rings is 1. The first-order valence-electron chi connectivity index (χ1n) is 5.60. The first-order chi connectivity index (χ1) is 8.45. The molecule has 6 nitrogen and oxygen atoms in total. The normalized spacial score (nSPS) is 12.1. The van der Waals surface area contributed by atoms with Crippen LogP contribution in [-0.4, -0.2) is 28.1 Å². The SMILES string of the molecule is CCC(CNC(=O)Cn1c(C)csc1=O)C(=O)O. The molecule has 0 aliphatic heterocycles. The zero-order valence-electron chi connectivity index (χ0n) is 10.3. The Labute approximate surface area is 108 Å². The van der Waals surface area contributed by atoms with Crippen LogP contribution < -0.4 is 10.2 Å². The van der Waals surface area contributed by atoms with Crippen molar-refractivity contribution in [3.05, 3.63) is 20.7 Å². The summed E-state index contributed by atoms with van der Waals surface area (Å²) in [5.74, 6) is -1.87. The van der Waals surface area contributed by atoms with Gasteiger partial charge in [0.15, 0.2) is 0 Å². The smallest absolute Gasteiger partial charge is 0.308 e. The molecular formula is C11H16N2O4S. The summed E-state index contributed by atoms with van der Waals surface area (Å²) in [6, 6.07) is 0. The molecule has 0 spiro atoms. The third kappa shape index (κ3) is 3.69. The van der Waals surface area contributed by atoms with Gasteiger partial charge in [-0.05, 0) is 13.3 Å². The van der Waals surface area contributed by atoms with E-state index < -0.39 is 11.9 Å². The predicted octanol–water partition coefficient (Wildman–Crippen LogP) is 0.445. The lowest BCUT2D eigenvalue weighted by Gasteiger charge is -2.11. The maximum atomic E-state index is 11.6. The molecule has 1 unspecified atom stereocenters. The van der Waals surface area contributed by atoms with Crippen molar-refractivity contribution in [2.24, 2.45) is 5.92 Å². The first kappa shape index (κ1) is 14.4. The molecular weight excluding hydrogens is 256 g/mol. The number of aromatic nitrogens is 1. The molecule has 1 aromatic heterocycles. The highest BCUT2D eigenvalue weighted by molar-refractivity contribution is 7.07. The fourth-order valence-electron chi connectivity index (χ4n) is 1.44. The number of aliphatic carboxylic acids is 1. The topological polar surface area (TPSA) is 88.4 Å². The van der Waals surface area contributed by atoms with Crippen molar-refractivity contribution in [2.75, 3.05) is 6.54 Å². The van der Waals surface area contributed by atoms with Crippen LogP contribution in [0.3, 0.4) is 0 Å². The van der Waals surface area contributed by atoms with Gasteiger partial charge in [0.1, 0.15) is 6.54 Å². The number of carboxylic acids is 1. The summed E-state index contributed by atoms with van der Waals surface area (Å²) in [6.07, 6.45) is 0.451. The van der Waals surface area contributed by atoms with Crippen LogP contribution in [0.4, 0.5) is 0 Å². The largest absolute Gasteiger partial charge is 0.481 e. The molecule has 0 aromatic carbocycles. The van der Waals surface area contributed by atoms with E-state index in [0.717, 1.165) is 17.0 Å². The Hall–Kier alpha value is -1.63. The van der Waals surface area contributed by atoms with Crippen LogP contribution >= 0.6 is 11.3 Å². The minimum atomic E-state index is -0.929. The quantitative estimate of drug-likeness (QED) is 0.786. The molecule has 1 atom stereocenters. The summed E-state index contributed by atoms with van der Waals surface area (Å²) in [4.78, 5) is 33.6. The van der Waals surface area contributed by atoms with E-state index in [-0.39, 0.29) is 23.9 Å². The highest BCUT2D eigenvalue weighted by atomic mass is 32.1. The van der Waals surface area contributed by atoms with E-state index in [1.54, 1.807) is 19.2 Å². The van der Waals surface area contributed by atoms with Crippen LogP contribution in [0.2, 0.25) is 0 Å². The molecule has 0 bridgehead atoms. The van der Waals surface area contributed by atoms with Gasteiger partial charge in [0.25, 0.3) is 0 Å². The van der Waals surface area contributed by atoms with Crippen LogP contribution in [0.25, 0.3) is 0 Å². The highest BCUT2D eigenvalue weighted by Crippen LogP contribution is 2.01. The van der Waals surface area contributed by atoms with Gasteiger partial charge in [-0.15, -0.1) is 0 Å². The lowest BCUT2D eigenvalue weighted by atomic mass is 10.1. The van der Waals surface area contributed by atoms with Crippen molar-refractivity contribution >= 4 is 23.2 Å². The van der Waals surface area contributed by atoms with Gasteiger partial charge < -0.3 is 10.4 Å². The summed E-state index contributed by atoms with van der Waals surface area (Å²) >= 11 is 1.04. The third-order valence-corrected chi connectivity index (χ3v) is 3.55. The standard InChI is InChI=1S/C11H16N2O4S/c1-3-8(10(15)16)4-12-9(14)5-13-7(2)6-18-11(13)17/h6,8H,3-5H2,1-2H3,(H,12,14)(H,15,16). The Bertz CT molecular complexity index is 491. The second kappa shape index (κ2) is 6.34. The molecule has 100 valence electrons. The van der Waals surface area contributed by atoms with Crippen molar-refractivity contribution < 1.29 is 14.7 Å². The molecule has 7 heteroatoms. The Morgan fingerprint density at radius 2 is 2.22 bits per heavy atom. The molecule has 0 radical (unpaired) electrons. The number of carbonyl (C=O) groups excluding carboxylic acids is 1. The van der Waals surface area contributed by atoms with E-state index in [1.807, 2.05) is 0 Å². The number of amides is 1. The molecule has 1 heterocycles. The van der Waals surface area contributed by atoms with Crippen LogP contribution in [0.1, 0.15) is 19.0 Å². The van der Waals surface area contributed by atoms with Crippen molar-refractivity contribution in [2.45, 2.75) is 26.8 Å². The zero-order chi connectivity index (χ0) is 13.7. The third-order valence-electron chi connectivity index (χ3n) is 2.67. The molecule has 0 saturated carbocycles. The lowest BCUT2D eigenvalue weighted by molar-refractivity contribution is -0.141. The molecule has 18 heavy (non-hydrogen) atoms. The van der Waals surface area contributed by atoms with E-state index >= 15 is 0 Å². The second-order valence-corrected chi connectivity index (χ2v) is 4.80. The summed E-state index contributed by atoms with van der Waals surface area (Å²) in [7, 11) is 0. The van der Waals surface area contributed by atoms with Crippen molar-refractivity contribution in [1.29, 1.82) is 0 Å². The van der Waals surface area contributed by atoms with Crippen molar-refractivity contribution in [3.63, 3.8) is 0 Å². The Balaban J connectivity index is 2.53. The van der Waals surface area contributed by atoms with E-state index in [9.17, 15) is 14.4 Å². The number of aryl methyl sites for hydroxylation is 1. The summed E-state index contributed by atoms with van der Waals surface area (Å²) in [5.41, 5.74) is 0.727. The maximum Gasteiger partial charge on any atom is 0.308 e. The molecule has 0 saturated heterocycles. The average molecular weight is 272 g/mol. The van der Waals surface area contributed by atoms with E-state index in [0.29, 0.717) is 6.42 Å². The Morgan fingerprint density at radius 1 is 1.56 bits per heavy atom. The predicted molar refractivity (Wildman–Crippen MR) is 67.7 cm³/mol. The Kier molecular flexibility index (Phi) is 5.08. The highest BCUT2D eigenvalue weighted by Gasteiger charge is 2.16. The number of carbonyl (C=O) groups is 2. The van der Waals surface area contributed by atoms with Crippen molar-refractivity contribution in [3.8, 4) is 0 Å². The molecule has 2 N–H and O–H groups in total. The lowest BCUT2D eigenvalue weighted by Crippen LogP contribution is -2.36. The summed E-state index contributed by atoms with van der Waals surface area (Å²) < 4.78 is 1.36. The van der Waals surface area contributed by atoms with Gasteiger partial charge in [-0.25, -0.2) is 0 Å². The van der Waals surface area contributed by atoms with E-state index in [1.165, 1.54) is 4.57 Å². The van der Waals surface area contributed by atoms with Gasteiger partial charge in [-0.1, -0.05) is 18.3 Å². The van der Waals surface area contributed by atoms with E-state index in [2.05, 4.69) is 5.32 Å². The van der Waals surface area contributed by atoms with E-state index in [4.69, 9.17) is 5.11 Å². The number of nitrogens with one attached hydrogen (secondary N) is 1. The fraction of sp³-hybridized carbons (Fsp3) is 0.545.